The largest absolute Gasteiger partial charge is 0.352 e. The Bertz CT molecular complexity index is 681. The lowest BCUT2D eigenvalue weighted by Crippen LogP contribution is -2.40. The third-order valence-electron chi connectivity index (χ3n) is 3.08. The van der Waals surface area contributed by atoms with Crippen LogP contribution in [-0.2, 0) is 16.1 Å². The van der Waals surface area contributed by atoms with E-state index in [9.17, 15) is 9.59 Å². The standard InChI is InChI=1S/C15H19ClN4O2/c1-10(2)19-15(22)9-17-14(21)6-7-20-13-5-3-4-12(16)11(13)8-18-20/h3-5,8,10H,6-7,9H2,1-2H3,(H,17,21)(H,19,22). The first-order valence-corrected chi connectivity index (χ1v) is 7.51. The van der Waals surface area contributed by atoms with Crippen LogP contribution in [-0.4, -0.2) is 34.2 Å². The Balaban J connectivity index is 1.85. The second-order valence-corrected chi connectivity index (χ2v) is 5.70. The maximum absolute atomic E-state index is 11.8. The predicted octanol–water partition coefficient (Wildman–Crippen LogP) is 1.72. The lowest BCUT2D eigenvalue weighted by Gasteiger charge is -2.09. The molecule has 1 heterocycles. The number of carbonyl (C=O) groups excluding carboxylic acids is 2. The Morgan fingerprint density at radius 1 is 1.32 bits per heavy atom. The zero-order chi connectivity index (χ0) is 16.1. The number of rotatable bonds is 6. The van der Waals surface area contributed by atoms with Crippen LogP contribution in [0.25, 0.3) is 10.9 Å². The zero-order valence-corrected chi connectivity index (χ0v) is 13.4. The maximum Gasteiger partial charge on any atom is 0.239 e. The summed E-state index contributed by atoms with van der Waals surface area (Å²) in [5.41, 5.74) is 0.887. The summed E-state index contributed by atoms with van der Waals surface area (Å²) in [6, 6.07) is 5.61. The van der Waals surface area contributed by atoms with Gasteiger partial charge in [-0.15, -0.1) is 0 Å². The van der Waals surface area contributed by atoms with Crippen molar-refractivity contribution in [2.75, 3.05) is 6.54 Å². The molecular weight excluding hydrogens is 304 g/mol. The van der Waals surface area contributed by atoms with E-state index in [4.69, 9.17) is 11.6 Å². The first-order chi connectivity index (χ1) is 10.5. The van der Waals surface area contributed by atoms with E-state index < -0.39 is 0 Å². The van der Waals surface area contributed by atoms with Crippen LogP contribution in [0.5, 0.6) is 0 Å². The molecule has 0 atom stereocenters. The van der Waals surface area contributed by atoms with Gasteiger partial charge in [0.1, 0.15) is 0 Å². The quantitative estimate of drug-likeness (QED) is 0.850. The van der Waals surface area contributed by atoms with Crippen LogP contribution >= 0.6 is 11.6 Å². The van der Waals surface area contributed by atoms with Crippen LogP contribution in [0.2, 0.25) is 5.02 Å². The van der Waals surface area contributed by atoms with E-state index in [1.807, 2.05) is 26.0 Å². The Kier molecular flexibility index (Phi) is 5.38. The first kappa shape index (κ1) is 16.3. The van der Waals surface area contributed by atoms with Gasteiger partial charge in [-0.05, 0) is 26.0 Å². The van der Waals surface area contributed by atoms with Gasteiger partial charge in [0.15, 0.2) is 0 Å². The number of hydrogen-bond donors (Lipinski definition) is 2. The van der Waals surface area contributed by atoms with Crippen LogP contribution in [0.3, 0.4) is 0 Å². The van der Waals surface area contributed by atoms with Gasteiger partial charge in [0.25, 0.3) is 0 Å². The summed E-state index contributed by atoms with van der Waals surface area (Å²) in [5, 5.41) is 11.0. The van der Waals surface area contributed by atoms with Crippen molar-refractivity contribution < 1.29 is 9.59 Å². The topological polar surface area (TPSA) is 76.0 Å². The monoisotopic (exact) mass is 322 g/mol. The van der Waals surface area contributed by atoms with Crippen LogP contribution in [0.4, 0.5) is 0 Å². The van der Waals surface area contributed by atoms with Crippen molar-refractivity contribution in [3.8, 4) is 0 Å². The summed E-state index contributed by atoms with van der Waals surface area (Å²) < 4.78 is 1.73. The van der Waals surface area contributed by atoms with Gasteiger partial charge in [0.05, 0.1) is 29.8 Å². The van der Waals surface area contributed by atoms with Gasteiger partial charge < -0.3 is 10.6 Å². The molecule has 0 spiro atoms. The van der Waals surface area contributed by atoms with Crippen molar-refractivity contribution in [1.82, 2.24) is 20.4 Å². The molecule has 2 rings (SSSR count). The summed E-state index contributed by atoms with van der Waals surface area (Å²) in [4.78, 5) is 23.2. The molecule has 0 saturated heterocycles. The maximum atomic E-state index is 11.8. The van der Waals surface area contributed by atoms with E-state index in [-0.39, 0.29) is 30.8 Å². The number of carbonyl (C=O) groups is 2. The number of nitrogens with one attached hydrogen (secondary N) is 2. The van der Waals surface area contributed by atoms with Gasteiger partial charge >= 0.3 is 0 Å². The van der Waals surface area contributed by atoms with Crippen molar-refractivity contribution >= 4 is 34.3 Å². The summed E-state index contributed by atoms with van der Waals surface area (Å²) >= 11 is 6.08. The van der Waals surface area contributed by atoms with E-state index in [0.717, 1.165) is 10.9 Å². The van der Waals surface area contributed by atoms with Gasteiger partial charge in [-0.1, -0.05) is 17.7 Å². The van der Waals surface area contributed by atoms with Crippen molar-refractivity contribution in [3.63, 3.8) is 0 Å². The van der Waals surface area contributed by atoms with Gasteiger partial charge in [0.2, 0.25) is 11.8 Å². The van der Waals surface area contributed by atoms with Crippen LogP contribution in [0.1, 0.15) is 20.3 Å². The van der Waals surface area contributed by atoms with Crippen molar-refractivity contribution in [1.29, 1.82) is 0 Å². The molecule has 22 heavy (non-hydrogen) atoms. The molecular formula is C15H19ClN4O2. The van der Waals surface area contributed by atoms with Crippen LogP contribution in [0, 0.1) is 0 Å². The molecule has 1 aromatic carbocycles. The smallest absolute Gasteiger partial charge is 0.239 e. The molecule has 1 aromatic heterocycles. The molecule has 0 saturated carbocycles. The van der Waals surface area contributed by atoms with E-state index in [2.05, 4.69) is 15.7 Å². The van der Waals surface area contributed by atoms with E-state index in [0.29, 0.717) is 11.6 Å². The Morgan fingerprint density at radius 3 is 2.82 bits per heavy atom. The van der Waals surface area contributed by atoms with Gasteiger partial charge in [-0.25, -0.2) is 0 Å². The third-order valence-corrected chi connectivity index (χ3v) is 3.41. The second kappa shape index (κ2) is 7.26. The normalized spacial score (nSPS) is 10.9. The number of hydrogen-bond acceptors (Lipinski definition) is 3. The molecule has 0 radical (unpaired) electrons. The molecule has 0 fully saturated rings. The fraction of sp³-hybridized carbons (Fsp3) is 0.400. The fourth-order valence-electron chi connectivity index (χ4n) is 2.09. The fourth-order valence-corrected chi connectivity index (χ4v) is 2.31. The van der Waals surface area contributed by atoms with Crippen LogP contribution in [0.15, 0.2) is 24.4 Å². The SMILES string of the molecule is CC(C)NC(=O)CNC(=O)CCn1ncc2c(Cl)cccc21. The lowest BCUT2D eigenvalue weighted by atomic mass is 10.2. The number of fused-ring (bicyclic) bond motifs is 1. The molecule has 0 bridgehead atoms. The van der Waals surface area contributed by atoms with E-state index in [1.165, 1.54) is 0 Å². The molecule has 118 valence electrons. The number of amides is 2. The zero-order valence-electron chi connectivity index (χ0n) is 12.6. The highest BCUT2D eigenvalue weighted by atomic mass is 35.5. The minimum absolute atomic E-state index is 0.0112. The first-order valence-electron chi connectivity index (χ1n) is 7.13. The predicted molar refractivity (Wildman–Crippen MR) is 85.6 cm³/mol. The molecule has 6 nitrogen and oxygen atoms in total. The summed E-state index contributed by atoms with van der Waals surface area (Å²) in [6.45, 7) is 4.16. The molecule has 0 aliphatic carbocycles. The number of nitrogens with zero attached hydrogens (tertiary/aromatic N) is 2. The van der Waals surface area contributed by atoms with Crippen LogP contribution < -0.4 is 10.6 Å². The second-order valence-electron chi connectivity index (χ2n) is 5.29. The van der Waals surface area contributed by atoms with Gasteiger partial charge in [-0.2, -0.15) is 5.10 Å². The molecule has 2 N–H and O–H groups in total. The highest BCUT2D eigenvalue weighted by Gasteiger charge is 2.09. The lowest BCUT2D eigenvalue weighted by molar-refractivity contribution is -0.126. The van der Waals surface area contributed by atoms with E-state index >= 15 is 0 Å². The molecule has 2 amide bonds. The van der Waals surface area contributed by atoms with Crippen molar-refractivity contribution in [2.45, 2.75) is 32.9 Å². The number of aromatic nitrogens is 2. The average Bonchev–Trinajstić information content (AvgIpc) is 2.87. The Morgan fingerprint density at radius 2 is 2.09 bits per heavy atom. The number of benzene rings is 1. The minimum Gasteiger partial charge on any atom is -0.352 e. The number of halogens is 1. The Labute approximate surface area is 133 Å². The molecule has 7 heteroatoms. The number of aryl methyl sites for hydroxylation is 1. The molecule has 0 aliphatic heterocycles. The molecule has 2 aromatic rings. The summed E-state index contributed by atoms with van der Waals surface area (Å²) in [6.07, 6.45) is 1.93. The van der Waals surface area contributed by atoms with Crippen molar-refractivity contribution in [3.05, 3.63) is 29.4 Å². The summed E-state index contributed by atoms with van der Waals surface area (Å²) in [5.74, 6) is -0.385. The third kappa shape index (κ3) is 4.21. The minimum atomic E-state index is -0.195. The van der Waals surface area contributed by atoms with Gasteiger partial charge in [0, 0.05) is 17.8 Å². The van der Waals surface area contributed by atoms with Crippen molar-refractivity contribution in [2.24, 2.45) is 0 Å². The highest BCUT2D eigenvalue weighted by molar-refractivity contribution is 6.35. The highest BCUT2D eigenvalue weighted by Crippen LogP contribution is 2.22. The van der Waals surface area contributed by atoms with E-state index in [1.54, 1.807) is 16.9 Å². The molecule has 0 unspecified atom stereocenters. The Hall–Kier alpha value is -2.08. The summed E-state index contributed by atoms with van der Waals surface area (Å²) in [7, 11) is 0. The molecule has 0 aliphatic rings. The average molecular weight is 323 g/mol. The van der Waals surface area contributed by atoms with Gasteiger partial charge in [-0.3, -0.25) is 14.3 Å².